The molecule has 0 saturated heterocycles. The topological polar surface area (TPSA) is 56.6 Å². The van der Waals surface area contributed by atoms with Crippen LogP contribution in [-0.2, 0) is 6.61 Å². The number of rotatable bonds is 5. The maximum atomic E-state index is 9.18. The molecule has 1 aromatic rings. The average Bonchev–Trinajstić information content (AvgIpc) is 2.26. The van der Waals surface area contributed by atoms with Gasteiger partial charge in [0.1, 0.15) is 5.82 Å². The number of aliphatic hydroxyl groups excluding tert-OH is 2. The lowest BCUT2D eigenvalue weighted by Crippen LogP contribution is -2.23. The Kier molecular flexibility index (Phi) is 4.99. The van der Waals surface area contributed by atoms with E-state index in [0.717, 1.165) is 5.82 Å². The van der Waals surface area contributed by atoms with Crippen molar-refractivity contribution in [3.8, 4) is 0 Å². The lowest BCUT2D eigenvalue weighted by Gasteiger charge is -2.19. The van der Waals surface area contributed by atoms with Crippen molar-refractivity contribution < 1.29 is 10.2 Å². The van der Waals surface area contributed by atoms with Gasteiger partial charge in [-0.3, -0.25) is 0 Å². The van der Waals surface area contributed by atoms with Gasteiger partial charge in [0.15, 0.2) is 0 Å². The highest BCUT2D eigenvalue weighted by atomic mass is 35.5. The van der Waals surface area contributed by atoms with Crippen LogP contribution in [0.5, 0.6) is 0 Å². The molecular formula is C11H17ClN2O2. The van der Waals surface area contributed by atoms with Gasteiger partial charge in [-0.2, -0.15) is 0 Å². The molecule has 0 fully saturated rings. The third kappa shape index (κ3) is 3.63. The van der Waals surface area contributed by atoms with Gasteiger partial charge in [-0.1, -0.05) is 11.6 Å². The maximum Gasteiger partial charge on any atom is 0.128 e. The highest BCUT2D eigenvalue weighted by Crippen LogP contribution is 2.18. The predicted octanol–water partition coefficient (Wildman–Crippen LogP) is 1.43. The monoisotopic (exact) mass is 244 g/mol. The van der Waals surface area contributed by atoms with Gasteiger partial charge in [0, 0.05) is 13.6 Å². The van der Waals surface area contributed by atoms with Gasteiger partial charge in [-0.15, -0.1) is 0 Å². The quantitative estimate of drug-likeness (QED) is 0.823. The Morgan fingerprint density at radius 1 is 1.50 bits per heavy atom. The summed E-state index contributed by atoms with van der Waals surface area (Å²) in [5.41, 5.74) is 0.475. The first kappa shape index (κ1) is 13.2. The second-order valence-corrected chi connectivity index (χ2v) is 4.22. The smallest absolute Gasteiger partial charge is 0.128 e. The summed E-state index contributed by atoms with van der Waals surface area (Å²) < 4.78 is 0. The van der Waals surface area contributed by atoms with Crippen LogP contribution in [0.1, 0.15) is 19.0 Å². The second kappa shape index (κ2) is 6.03. The van der Waals surface area contributed by atoms with Crippen LogP contribution in [0.4, 0.5) is 5.82 Å². The highest BCUT2D eigenvalue weighted by Gasteiger charge is 2.07. The minimum atomic E-state index is -0.327. The van der Waals surface area contributed by atoms with Crippen molar-refractivity contribution >= 4 is 17.4 Å². The van der Waals surface area contributed by atoms with E-state index in [1.54, 1.807) is 19.1 Å². The summed E-state index contributed by atoms with van der Waals surface area (Å²) in [7, 11) is 1.89. The zero-order chi connectivity index (χ0) is 12.1. The standard InChI is InChI=1S/C11H17ClN2O2/c1-8(16)5-6-14(2)11-4-3-9(12)10(7-15)13-11/h3-4,8,15-16H,5-7H2,1-2H3. The largest absolute Gasteiger partial charge is 0.393 e. The van der Waals surface area contributed by atoms with Crippen LogP contribution in [0.25, 0.3) is 0 Å². The Morgan fingerprint density at radius 3 is 2.75 bits per heavy atom. The molecule has 0 aliphatic carbocycles. The van der Waals surface area contributed by atoms with E-state index < -0.39 is 0 Å². The summed E-state index contributed by atoms with van der Waals surface area (Å²) in [6, 6.07) is 3.51. The molecule has 2 N–H and O–H groups in total. The zero-order valence-electron chi connectivity index (χ0n) is 9.52. The van der Waals surface area contributed by atoms with Gasteiger partial charge in [-0.05, 0) is 25.5 Å². The van der Waals surface area contributed by atoms with Crippen LogP contribution in [-0.4, -0.2) is 34.9 Å². The Labute approximate surface area is 100 Å². The number of pyridine rings is 1. The Morgan fingerprint density at radius 2 is 2.19 bits per heavy atom. The van der Waals surface area contributed by atoms with Crippen LogP contribution < -0.4 is 4.90 Å². The van der Waals surface area contributed by atoms with Gasteiger partial charge >= 0.3 is 0 Å². The van der Waals surface area contributed by atoms with Crippen LogP contribution in [0.3, 0.4) is 0 Å². The molecule has 1 heterocycles. The van der Waals surface area contributed by atoms with Gasteiger partial charge in [0.2, 0.25) is 0 Å². The number of nitrogens with zero attached hydrogens (tertiary/aromatic N) is 2. The molecule has 0 aromatic carbocycles. The van der Waals surface area contributed by atoms with Crippen LogP contribution in [0.15, 0.2) is 12.1 Å². The molecular weight excluding hydrogens is 228 g/mol. The molecule has 1 atom stereocenters. The lowest BCUT2D eigenvalue weighted by atomic mass is 10.2. The molecule has 5 heteroatoms. The fourth-order valence-corrected chi connectivity index (χ4v) is 1.46. The third-order valence-corrected chi connectivity index (χ3v) is 2.67. The van der Waals surface area contributed by atoms with E-state index in [2.05, 4.69) is 4.98 Å². The fraction of sp³-hybridized carbons (Fsp3) is 0.545. The third-order valence-electron chi connectivity index (χ3n) is 2.33. The Hall–Kier alpha value is -0.840. The van der Waals surface area contributed by atoms with Crippen LogP contribution in [0, 0.1) is 0 Å². The summed E-state index contributed by atoms with van der Waals surface area (Å²) >= 11 is 5.85. The van der Waals surface area contributed by atoms with Crippen LogP contribution >= 0.6 is 11.6 Å². The van der Waals surface area contributed by atoms with E-state index in [9.17, 15) is 5.11 Å². The summed E-state index contributed by atoms with van der Waals surface area (Å²) in [5, 5.41) is 18.7. The molecule has 0 radical (unpaired) electrons. The van der Waals surface area contributed by atoms with E-state index in [4.69, 9.17) is 16.7 Å². The van der Waals surface area contributed by atoms with E-state index in [1.807, 2.05) is 11.9 Å². The van der Waals surface area contributed by atoms with E-state index in [1.165, 1.54) is 0 Å². The number of hydrogen-bond acceptors (Lipinski definition) is 4. The van der Waals surface area contributed by atoms with Crippen molar-refractivity contribution in [2.24, 2.45) is 0 Å². The molecule has 16 heavy (non-hydrogen) atoms. The lowest BCUT2D eigenvalue weighted by molar-refractivity contribution is 0.187. The molecule has 1 aromatic heterocycles. The molecule has 90 valence electrons. The second-order valence-electron chi connectivity index (χ2n) is 3.82. The maximum absolute atomic E-state index is 9.18. The van der Waals surface area contributed by atoms with Crippen LogP contribution in [0.2, 0.25) is 5.02 Å². The van der Waals surface area contributed by atoms with E-state index in [-0.39, 0.29) is 12.7 Å². The van der Waals surface area contributed by atoms with Crippen molar-refractivity contribution in [2.75, 3.05) is 18.5 Å². The normalized spacial score (nSPS) is 12.6. The Bertz CT molecular complexity index is 345. The number of aromatic nitrogens is 1. The molecule has 1 unspecified atom stereocenters. The van der Waals surface area contributed by atoms with Crippen molar-refractivity contribution in [1.29, 1.82) is 0 Å². The van der Waals surface area contributed by atoms with Crippen molar-refractivity contribution in [2.45, 2.75) is 26.1 Å². The SMILES string of the molecule is CC(O)CCN(C)c1ccc(Cl)c(CO)n1. The molecule has 0 bridgehead atoms. The first-order valence-electron chi connectivity index (χ1n) is 5.20. The fourth-order valence-electron chi connectivity index (χ4n) is 1.29. The van der Waals surface area contributed by atoms with Crippen molar-refractivity contribution in [1.82, 2.24) is 4.98 Å². The summed E-state index contributed by atoms with van der Waals surface area (Å²) in [6.45, 7) is 2.29. The molecule has 0 saturated carbocycles. The van der Waals surface area contributed by atoms with Crippen molar-refractivity contribution in [3.63, 3.8) is 0 Å². The number of hydrogen-bond donors (Lipinski definition) is 2. The molecule has 4 nitrogen and oxygen atoms in total. The molecule has 0 aliphatic rings. The summed E-state index contributed by atoms with van der Waals surface area (Å²) in [5.74, 6) is 0.745. The zero-order valence-corrected chi connectivity index (χ0v) is 10.3. The summed E-state index contributed by atoms with van der Waals surface area (Å²) in [6.07, 6.45) is 0.349. The molecule has 1 rings (SSSR count). The predicted molar refractivity (Wildman–Crippen MR) is 64.7 cm³/mol. The Balaban J connectivity index is 2.72. The highest BCUT2D eigenvalue weighted by molar-refractivity contribution is 6.31. The van der Waals surface area contributed by atoms with E-state index in [0.29, 0.717) is 23.7 Å². The minimum Gasteiger partial charge on any atom is -0.393 e. The number of halogens is 1. The number of aliphatic hydroxyl groups is 2. The van der Waals surface area contributed by atoms with Gasteiger partial charge in [-0.25, -0.2) is 4.98 Å². The first-order valence-corrected chi connectivity index (χ1v) is 5.58. The van der Waals surface area contributed by atoms with Crippen molar-refractivity contribution in [3.05, 3.63) is 22.8 Å². The summed E-state index contributed by atoms with van der Waals surface area (Å²) in [4.78, 5) is 6.15. The average molecular weight is 245 g/mol. The minimum absolute atomic E-state index is 0.170. The van der Waals surface area contributed by atoms with Gasteiger partial charge in [0.05, 0.1) is 23.4 Å². The van der Waals surface area contributed by atoms with Gasteiger partial charge < -0.3 is 15.1 Å². The van der Waals surface area contributed by atoms with Gasteiger partial charge in [0.25, 0.3) is 0 Å². The molecule has 0 amide bonds. The molecule has 0 spiro atoms. The van der Waals surface area contributed by atoms with E-state index >= 15 is 0 Å². The first-order chi connectivity index (χ1) is 7.54. The number of anilines is 1. The molecule has 0 aliphatic heterocycles.